The molecule has 0 bridgehead atoms. The van der Waals surface area contributed by atoms with E-state index in [1.807, 2.05) is 12.1 Å². The van der Waals surface area contributed by atoms with E-state index >= 15 is 0 Å². The number of nitrogens with zero attached hydrogens (tertiary/aromatic N) is 1. The topological polar surface area (TPSA) is 55.8 Å². The Labute approximate surface area is 98.9 Å². The fraction of sp³-hybridized carbons (Fsp3) is 0.333. The van der Waals surface area contributed by atoms with Gasteiger partial charge < -0.3 is 14.4 Å². The second kappa shape index (κ2) is 4.86. The molecule has 1 aliphatic heterocycles. The lowest BCUT2D eigenvalue weighted by Gasteiger charge is -2.28. The molecule has 0 saturated heterocycles. The fourth-order valence-electron chi connectivity index (χ4n) is 1.70. The molecule has 1 heterocycles. The molecule has 0 N–H and O–H groups in total. The molecule has 1 aliphatic rings. The molecule has 2 rings (SSSR count). The number of methoxy groups -OCH3 is 1. The minimum absolute atomic E-state index is 0.0121. The number of carbonyl (C=O) groups is 2. The normalized spacial score (nSPS) is 13.9. The van der Waals surface area contributed by atoms with Crippen LogP contribution >= 0.6 is 0 Å². The third-order valence-electron chi connectivity index (χ3n) is 2.58. The fourth-order valence-corrected chi connectivity index (χ4v) is 1.70. The van der Waals surface area contributed by atoms with E-state index in [1.165, 1.54) is 7.11 Å². The van der Waals surface area contributed by atoms with Crippen LogP contribution in [0, 0.1) is 0 Å². The average Bonchev–Trinajstić information content (AvgIpc) is 2.37. The molecule has 0 fully saturated rings. The quantitative estimate of drug-likeness (QED) is 0.733. The summed E-state index contributed by atoms with van der Waals surface area (Å²) < 4.78 is 9.85. The van der Waals surface area contributed by atoms with Crippen molar-refractivity contribution in [2.75, 3.05) is 25.2 Å². The molecule has 90 valence electrons. The Morgan fingerprint density at radius 3 is 3.00 bits per heavy atom. The summed E-state index contributed by atoms with van der Waals surface area (Å²) in [7, 11) is 1.33. The number of para-hydroxylation sites is 2. The van der Waals surface area contributed by atoms with Gasteiger partial charge in [-0.15, -0.1) is 0 Å². The number of amides is 1. The molecule has 0 spiro atoms. The number of carbonyl (C=O) groups excluding carboxylic acids is 2. The number of hydrogen-bond acceptors (Lipinski definition) is 4. The van der Waals surface area contributed by atoms with Gasteiger partial charge in [0.1, 0.15) is 5.75 Å². The van der Waals surface area contributed by atoms with Gasteiger partial charge in [0.25, 0.3) is 5.91 Å². The summed E-state index contributed by atoms with van der Waals surface area (Å²) in [6.45, 7) is 0.323. The second-order valence-corrected chi connectivity index (χ2v) is 3.63. The average molecular weight is 235 g/mol. The van der Waals surface area contributed by atoms with Crippen molar-refractivity contribution in [1.29, 1.82) is 0 Å². The van der Waals surface area contributed by atoms with Crippen LogP contribution in [0.25, 0.3) is 0 Å². The predicted molar refractivity (Wildman–Crippen MR) is 60.9 cm³/mol. The maximum Gasteiger partial charge on any atom is 0.307 e. The molecule has 0 saturated carbocycles. The highest BCUT2D eigenvalue weighted by Gasteiger charge is 2.25. The van der Waals surface area contributed by atoms with Crippen LogP contribution in [0.1, 0.15) is 6.42 Å². The number of benzene rings is 1. The molecule has 5 nitrogen and oxygen atoms in total. The smallest absolute Gasteiger partial charge is 0.307 e. The minimum Gasteiger partial charge on any atom is -0.482 e. The Balaban J connectivity index is 2.15. The molecule has 17 heavy (non-hydrogen) atoms. The van der Waals surface area contributed by atoms with Crippen molar-refractivity contribution in [3.8, 4) is 5.75 Å². The van der Waals surface area contributed by atoms with Gasteiger partial charge in [-0.2, -0.15) is 0 Å². The monoisotopic (exact) mass is 235 g/mol. The predicted octanol–water partition coefficient (Wildman–Crippen LogP) is 0.975. The third kappa shape index (κ3) is 2.38. The van der Waals surface area contributed by atoms with Crippen LogP contribution in [-0.4, -0.2) is 32.1 Å². The first-order valence-electron chi connectivity index (χ1n) is 5.31. The van der Waals surface area contributed by atoms with E-state index in [2.05, 4.69) is 4.74 Å². The van der Waals surface area contributed by atoms with Crippen molar-refractivity contribution in [2.45, 2.75) is 6.42 Å². The van der Waals surface area contributed by atoms with Gasteiger partial charge in [-0.05, 0) is 12.1 Å². The van der Waals surface area contributed by atoms with Gasteiger partial charge >= 0.3 is 5.97 Å². The number of hydrogen-bond donors (Lipinski definition) is 0. The standard InChI is InChI=1S/C12H13NO4/c1-16-12(15)6-7-13-9-4-2-3-5-10(9)17-8-11(13)14/h2-5H,6-8H2,1H3. The van der Waals surface area contributed by atoms with E-state index in [-0.39, 0.29) is 24.9 Å². The van der Waals surface area contributed by atoms with Gasteiger partial charge in [0, 0.05) is 6.54 Å². The lowest BCUT2D eigenvalue weighted by molar-refractivity contribution is -0.140. The van der Waals surface area contributed by atoms with E-state index in [0.29, 0.717) is 18.0 Å². The van der Waals surface area contributed by atoms with Crippen LogP contribution in [-0.2, 0) is 14.3 Å². The first-order valence-corrected chi connectivity index (χ1v) is 5.31. The first-order chi connectivity index (χ1) is 8.22. The maximum atomic E-state index is 11.7. The molecule has 1 aromatic rings. The number of ether oxygens (including phenoxy) is 2. The van der Waals surface area contributed by atoms with Crippen LogP contribution in [0.5, 0.6) is 5.75 Å². The number of rotatable bonds is 3. The Morgan fingerprint density at radius 2 is 2.24 bits per heavy atom. The molecular formula is C12H13NO4. The number of anilines is 1. The summed E-state index contributed by atoms with van der Waals surface area (Å²) >= 11 is 0. The highest BCUT2D eigenvalue weighted by Crippen LogP contribution is 2.31. The van der Waals surface area contributed by atoms with Crippen LogP contribution in [0.2, 0.25) is 0 Å². The maximum absolute atomic E-state index is 11.7. The van der Waals surface area contributed by atoms with E-state index in [4.69, 9.17) is 4.74 Å². The second-order valence-electron chi connectivity index (χ2n) is 3.63. The highest BCUT2D eigenvalue weighted by atomic mass is 16.5. The number of fused-ring (bicyclic) bond motifs is 1. The Bertz CT molecular complexity index is 444. The zero-order valence-electron chi connectivity index (χ0n) is 9.51. The van der Waals surface area contributed by atoms with Crippen molar-refractivity contribution in [3.63, 3.8) is 0 Å². The van der Waals surface area contributed by atoms with Crippen LogP contribution in [0.4, 0.5) is 5.69 Å². The lowest BCUT2D eigenvalue weighted by Crippen LogP contribution is -2.40. The van der Waals surface area contributed by atoms with E-state index in [1.54, 1.807) is 17.0 Å². The first kappa shape index (κ1) is 11.4. The third-order valence-corrected chi connectivity index (χ3v) is 2.58. The van der Waals surface area contributed by atoms with Crippen LogP contribution < -0.4 is 9.64 Å². The molecule has 0 radical (unpaired) electrons. The number of esters is 1. The highest BCUT2D eigenvalue weighted by molar-refractivity contribution is 5.98. The van der Waals surface area contributed by atoms with Crippen molar-refractivity contribution in [2.24, 2.45) is 0 Å². The SMILES string of the molecule is COC(=O)CCN1C(=O)COc2ccccc21. The van der Waals surface area contributed by atoms with E-state index in [0.717, 1.165) is 0 Å². The Hall–Kier alpha value is -2.04. The zero-order valence-corrected chi connectivity index (χ0v) is 9.51. The Kier molecular flexibility index (Phi) is 3.27. The molecule has 0 aromatic heterocycles. The molecule has 0 atom stereocenters. The zero-order chi connectivity index (χ0) is 12.3. The Morgan fingerprint density at radius 1 is 1.47 bits per heavy atom. The van der Waals surface area contributed by atoms with Gasteiger partial charge in [0.15, 0.2) is 6.61 Å². The van der Waals surface area contributed by atoms with E-state index in [9.17, 15) is 9.59 Å². The molecule has 1 aromatic carbocycles. The van der Waals surface area contributed by atoms with Gasteiger partial charge in [-0.3, -0.25) is 9.59 Å². The van der Waals surface area contributed by atoms with Crippen molar-refractivity contribution < 1.29 is 19.1 Å². The van der Waals surface area contributed by atoms with Crippen molar-refractivity contribution >= 4 is 17.6 Å². The van der Waals surface area contributed by atoms with Gasteiger partial charge in [-0.1, -0.05) is 12.1 Å². The summed E-state index contributed by atoms with van der Waals surface area (Å²) in [6, 6.07) is 7.26. The van der Waals surface area contributed by atoms with Gasteiger partial charge in [0.05, 0.1) is 19.2 Å². The summed E-state index contributed by atoms with van der Waals surface area (Å²) in [6.07, 6.45) is 0.177. The van der Waals surface area contributed by atoms with Crippen molar-refractivity contribution in [1.82, 2.24) is 0 Å². The van der Waals surface area contributed by atoms with Crippen LogP contribution in [0.3, 0.4) is 0 Å². The lowest BCUT2D eigenvalue weighted by atomic mass is 10.2. The summed E-state index contributed by atoms with van der Waals surface area (Å²) in [5.41, 5.74) is 0.702. The molecule has 0 aliphatic carbocycles. The summed E-state index contributed by atoms with van der Waals surface area (Å²) in [4.78, 5) is 24.3. The van der Waals surface area contributed by atoms with Gasteiger partial charge in [-0.25, -0.2) is 0 Å². The van der Waals surface area contributed by atoms with Crippen molar-refractivity contribution in [3.05, 3.63) is 24.3 Å². The molecular weight excluding hydrogens is 222 g/mol. The summed E-state index contributed by atoms with van der Waals surface area (Å²) in [5.74, 6) is 0.186. The largest absolute Gasteiger partial charge is 0.482 e. The van der Waals surface area contributed by atoms with E-state index < -0.39 is 0 Å². The van der Waals surface area contributed by atoms with Crippen LogP contribution in [0.15, 0.2) is 24.3 Å². The van der Waals surface area contributed by atoms with Gasteiger partial charge in [0.2, 0.25) is 0 Å². The molecule has 0 unspecified atom stereocenters. The molecule has 5 heteroatoms. The molecule has 1 amide bonds. The minimum atomic E-state index is -0.332. The summed E-state index contributed by atoms with van der Waals surface area (Å²) in [5, 5.41) is 0.